The Balaban J connectivity index is 2.52. The van der Waals surface area contributed by atoms with Crippen molar-refractivity contribution in [1.82, 2.24) is 10.3 Å². The van der Waals surface area contributed by atoms with Crippen LogP contribution in [0.1, 0.15) is 5.69 Å². The highest BCUT2D eigenvalue weighted by molar-refractivity contribution is 5.86. The van der Waals surface area contributed by atoms with Crippen molar-refractivity contribution in [3.05, 3.63) is 30.0 Å². The summed E-state index contributed by atoms with van der Waals surface area (Å²) in [5.41, 5.74) is 2.24. The van der Waals surface area contributed by atoms with Gasteiger partial charge in [0.1, 0.15) is 5.75 Å². The van der Waals surface area contributed by atoms with Gasteiger partial charge in [-0.15, -0.1) is 0 Å². The number of rotatable bonds is 3. The van der Waals surface area contributed by atoms with Gasteiger partial charge in [0.2, 0.25) is 0 Å². The van der Waals surface area contributed by atoms with Crippen LogP contribution in [0.25, 0.3) is 10.9 Å². The van der Waals surface area contributed by atoms with E-state index in [4.69, 9.17) is 4.74 Å². The Hall–Kier alpha value is -1.48. The Kier molecular flexibility index (Phi) is 2.41. The summed E-state index contributed by atoms with van der Waals surface area (Å²) in [6.07, 6.45) is 0. The molecule has 0 spiro atoms. The van der Waals surface area contributed by atoms with E-state index in [1.54, 1.807) is 7.11 Å². The number of nitrogens with one attached hydrogen (secondary N) is 2. The number of hydrogen-bond acceptors (Lipinski definition) is 2. The third-order valence-electron chi connectivity index (χ3n) is 2.26. The average molecular weight is 190 g/mol. The number of methoxy groups -OCH3 is 1. The van der Waals surface area contributed by atoms with Crippen LogP contribution >= 0.6 is 0 Å². The molecule has 3 nitrogen and oxygen atoms in total. The van der Waals surface area contributed by atoms with Crippen molar-refractivity contribution in [3.63, 3.8) is 0 Å². The van der Waals surface area contributed by atoms with Gasteiger partial charge in [0.15, 0.2) is 0 Å². The van der Waals surface area contributed by atoms with Crippen molar-refractivity contribution in [1.29, 1.82) is 0 Å². The number of para-hydroxylation sites is 1. The van der Waals surface area contributed by atoms with Gasteiger partial charge in [-0.2, -0.15) is 0 Å². The van der Waals surface area contributed by atoms with Crippen LogP contribution in [0.2, 0.25) is 0 Å². The molecule has 0 unspecified atom stereocenters. The monoisotopic (exact) mass is 190 g/mol. The summed E-state index contributed by atoms with van der Waals surface area (Å²) >= 11 is 0. The molecule has 0 saturated heterocycles. The SMILES string of the molecule is CNCc1cc2cccc(OC)c2[nH]1. The molecule has 1 aromatic heterocycles. The van der Waals surface area contributed by atoms with E-state index in [1.165, 1.54) is 11.1 Å². The molecule has 1 heterocycles. The Bertz CT molecular complexity index is 434. The number of aromatic nitrogens is 1. The zero-order valence-corrected chi connectivity index (χ0v) is 8.42. The molecule has 0 radical (unpaired) electrons. The number of fused-ring (bicyclic) bond motifs is 1. The van der Waals surface area contributed by atoms with Gasteiger partial charge in [0.25, 0.3) is 0 Å². The van der Waals surface area contributed by atoms with E-state index in [0.29, 0.717) is 0 Å². The van der Waals surface area contributed by atoms with Crippen molar-refractivity contribution in [2.75, 3.05) is 14.2 Å². The van der Waals surface area contributed by atoms with Crippen LogP contribution in [0.3, 0.4) is 0 Å². The van der Waals surface area contributed by atoms with Crippen LogP contribution in [0.4, 0.5) is 0 Å². The zero-order valence-electron chi connectivity index (χ0n) is 8.42. The third-order valence-corrected chi connectivity index (χ3v) is 2.26. The Labute approximate surface area is 83.1 Å². The van der Waals surface area contributed by atoms with Crippen LogP contribution < -0.4 is 10.1 Å². The second kappa shape index (κ2) is 3.72. The molecule has 3 heteroatoms. The van der Waals surface area contributed by atoms with Crippen LogP contribution in [-0.4, -0.2) is 19.1 Å². The summed E-state index contributed by atoms with van der Waals surface area (Å²) in [4.78, 5) is 3.33. The first-order valence-electron chi connectivity index (χ1n) is 4.64. The van der Waals surface area contributed by atoms with E-state index in [0.717, 1.165) is 17.8 Å². The second-order valence-corrected chi connectivity index (χ2v) is 3.25. The molecule has 2 aromatic rings. The quantitative estimate of drug-likeness (QED) is 0.775. The normalized spacial score (nSPS) is 10.7. The summed E-state index contributed by atoms with van der Waals surface area (Å²) in [6.45, 7) is 0.845. The molecule has 74 valence electrons. The van der Waals surface area contributed by atoms with Crippen molar-refractivity contribution in [2.24, 2.45) is 0 Å². The first-order chi connectivity index (χ1) is 6.85. The van der Waals surface area contributed by atoms with Crippen molar-refractivity contribution < 1.29 is 4.74 Å². The molecular formula is C11H14N2O. The Morgan fingerprint density at radius 1 is 1.43 bits per heavy atom. The standard InChI is InChI=1S/C11H14N2O/c1-12-7-9-6-8-4-3-5-10(14-2)11(8)13-9/h3-6,12-13H,7H2,1-2H3. The molecule has 1 aromatic carbocycles. The molecule has 2 rings (SSSR count). The van der Waals surface area contributed by atoms with E-state index in [2.05, 4.69) is 22.4 Å². The number of hydrogen-bond donors (Lipinski definition) is 2. The van der Waals surface area contributed by atoms with Gasteiger partial charge in [-0.1, -0.05) is 12.1 Å². The van der Waals surface area contributed by atoms with Crippen LogP contribution in [0.5, 0.6) is 5.75 Å². The lowest BCUT2D eigenvalue weighted by Crippen LogP contribution is -2.04. The summed E-state index contributed by atoms with van der Waals surface area (Å²) in [6, 6.07) is 8.17. The summed E-state index contributed by atoms with van der Waals surface area (Å²) in [5.74, 6) is 0.893. The van der Waals surface area contributed by atoms with Gasteiger partial charge in [0.05, 0.1) is 12.6 Å². The number of aromatic amines is 1. The van der Waals surface area contributed by atoms with Crippen molar-refractivity contribution in [2.45, 2.75) is 6.54 Å². The fraction of sp³-hybridized carbons (Fsp3) is 0.273. The van der Waals surface area contributed by atoms with Crippen LogP contribution in [-0.2, 0) is 6.54 Å². The zero-order chi connectivity index (χ0) is 9.97. The lowest BCUT2D eigenvalue weighted by Gasteiger charge is -1.99. The highest BCUT2D eigenvalue weighted by Crippen LogP contribution is 2.25. The molecular weight excluding hydrogens is 176 g/mol. The second-order valence-electron chi connectivity index (χ2n) is 3.25. The van der Waals surface area contributed by atoms with Gasteiger partial charge in [0, 0.05) is 17.6 Å². The minimum absolute atomic E-state index is 0.845. The lowest BCUT2D eigenvalue weighted by molar-refractivity contribution is 0.419. The van der Waals surface area contributed by atoms with Gasteiger partial charge in [-0.05, 0) is 19.2 Å². The Morgan fingerprint density at radius 2 is 2.29 bits per heavy atom. The maximum atomic E-state index is 5.27. The minimum atomic E-state index is 0.845. The highest BCUT2D eigenvalue weighted by Gasteiger charge is 2.04. The first kappa shape index (κ1) is 9.09. The minimum Gasteiger partial charge on any atom is -0.495 e. The van der Waals surface area contributed by atoms with Crippen molar-refractivity contribution >= 4 is 10.9 Å². The molecule has 0 saturated carbocycles. The van der Waals surface area contributed by atoms with Gasteiger partial charge < -0.3 is 15.0 Å². The van der Waals surface area contributed by atoms with E-state index in [1.807, 2.05) is 19.2 Å². The summed E-state index contributed by atoms with van der Waals surface area (Å²) in [7, 11) is 3.62. The molecule has 0 fully saturated rings. The first-order valence-corrected chi connectivity index (χ1v) is 4.64. The molecule has 0 aliphatic rings. The van der Waals surface area contributed by atoms with Crippen LogP contribution in [0.15, 0.2) is 24.3 Å². The average Bonchev–Trinajstić information content (AvgIpc) is 2.60. The van der Waals surface area contributed by atoms with Gasteiger partial charge >= 0.3 is 0 Å². The van der Waals surface area contributed by atoms with Crippen molar-refractivity contribution in [3.8, 4) is 5.75 Å². The fourth-order valence-electron chi connectivity index (χ4n) is 1.64. The molecule has 0 aliphatic heterocycles. The lowest BCUT2D eigenvalue weighted by atomic mass is 10.2. The van der Waals surface area contributed by atoms with Gasteiger partial charge in [-0.3, -0.25) is 0 Å². The van der Waals surface area contributed by atoms with E-state index in [-0.39, 0.29) is 0 Å². The van der Waals surface area contributed by atoms with E-state index < -0.39 is 0 Å². The number of ether oxygens (including phenoxy) is 1. The number of benzene rings is 1. The predicted octanol–water partition coefficient (Wildman–Crippen LogP) is 1.90. The smallest absolute Gasteiger partial charge is 0.142 e. The molecule has 0 atom stereocenters. The van der Waals surface area contributed by atoms with Gasteiger partial charge in [-0.25, -0.2) is 0 Å². The maximum Gasteiger partial charge on any atom is 0.142 e. The van der Waals surface area contributed by atoms with E-state index >= 15 is 0 Å². The maximum absolute atomic E-state index is 5.27. The predicted molar refractivity (Wildman–Crippen MR) is 57.6 cm³/mol. The largest absolute Gasteiger partial charge is 0.495 e. The Morgan fingerprint density at radius 3 is 3.00 bits per heavy atom. The third kappa shape index (κ3) is 1.46. The van der Waals surface area contributed by atoms with E-state index in [9.17, 15) is 0 Å². The molecule has 0 amide bonds. The topological polar surface area (TPSA) is 37.0 Å². The summed E-state index contributed by atoms with van der Waals surface area (Å²) < 4.78 is 5.27. The number of H-pyrrole nitrogens is 1. The molecule has 0 bridgehead atoms. The van der Waals surface area contributed by atoms with Crippen LogP contribution in [0, 0.1) is 0 Å². The summed E-state index contributed by atoms with van der Waals surface area (Å²) in [5, 5.41) is 4.30. The highest BCUT2D eigenvalue weighted by atomic mass is 16.5. The molecule has 0 aliphatic carbocycles. The molecule has 14 heavy (non-hydrogen) atoms. The fourth-order valence-corrected chi connectivity index (χ4v) is 1.64. The molecule has 2 N–H and O–H groups in total.